The van der Waals surface area contributed by atoms with E-state index in [0.29, 0.717) is 15.9 Å². The van der Waals surface area contributed by atoms with Crippen LogP contribution in [-0.4, -0.2) is 20.1 Å². The van der Waals surface area contributed by atoms with E-state index in [2.05, 4.69) is 72.8 Å². The first-order valence-corrected chi connectivity index (χ1v) is 16.1. The van der Waals surface area contributed by atoms with Crippen molar-refractivity contribution in [2.45, 2.75) is 0 Å². The Morgan fingerprint density at radius 2 is 0.830 bits per heavy atom. The molecular weight excluding hydrogens is 593 g/mol. The second-order valence-corrected chi connectivity index (χ2v) is 12.0. The molecule has 0 spiro atoms. The Kier molecular flexibility index (Phi) is 8.62. The second-order valence-electron chi connectivity index (χ2n) is 11.0. The smallest absolute Gasteiger partial charge is 0.161 e. The number of hydrogen-bond donors (Lipinski definition) is 2. The molecule has 0 atom stereocenters. The molecule has 0 bridgehead atoms. The van der Waals surface area contributed by atoms with Crippen LogP contribution in [0.2, 0.25) is 0 Å². The van der Waals surface area contributed by atoms with Crippen LogP contribution in [0.4, 0.5) is 0 Å². The Hall–Kier alpha value is -5.91. The van der Waals surface area contributed by atoms with E-state index in [1.54, 1.807) is 0 Å². The van der Waals surface area contributed by atoms with Crippen LogP contribution in [0.25, 0.3) is 56.2 Å². The van der Waals surface area contributed by atoms with Gasteiger partial charge in [0.1, 0.15) is 10.1 Å². The molecule has 1 aromatic heterocycles. The fourth-order valence-electron chi connectivity index (χ4n) is 5.53. The first kappa shape index (κ1) is 29.8. The first-order chi connectivity index (χ1) is 23.1. The van der Waals surface area contributed by atoms with Crippen LogP contribution in [-0.2, 0) is 0 Å². The van der Waals surface area contributed by atoms with E-state index in [1.165, 1.54) is 0 Å². The lowest BCUT2D eigenvalue weighted by atomic mass is 9.95. The Morgan fingerprint density at radius 1 is 0.383 bits per heavy atom. The quantitative estimate of drug-likeness (QED) is 0.137. The van der Waals surface area contributed by atoms with Crippen molar-refractivity contribution < 1.29 is 0 Å². The molecular formula is C42H30N4S. The molecule has 7 rings (SSSR count). The molecule has 1 heterocycles. The maximum absolute atomic E-state index is 8.74. The summed E-state index contributed by atoms with van der Waals surface area (Å²) >= 11 is 1.16. The molecule has 6 aromatic carbocycles. The molecule has 0 amide bonds. The summed E-state index contributed by atoms with van der Waals surface area (Å²) in [5, 5.41) is 17.9. The first-order valence-electron chi connectivity index (χ1n) is 15.3. The van der Waals surface area contributed by atoms with Crippen molar-refractivity contribution in [3.05, 3.63) is 181 Å². The monoisotopic (exact) mass is 622 g/mol. The van der Waals surface area contributed by atoms with Crippen molar-refractivity contribution in [2.75, 3.05) is 0 Å². The largest absolute Gasteiger partial charge is 0.293 e. The van der Waals surface area contributed by atoms with Crippen LogP contribution in [0.3, 0.4) is 0 Å². The van der Waals surface area contributed by atoms with Gasteiger partial charge in [-0.2, -0.15) is 0 Å². The van der Waals surface area contributed by atoms with Crippen LogP contribution < -0.4 is 0 Å². The van der Waals surface area contributed by atoms with Crippen molar-refractivity contribution in [1.29, 1.82) is 10.8 Å². The summed E-state index contributed by atoms with van der Waals surface area (Å²) in [7, 11) is 0. The average molecular weight is 623 g/mol. The van der Waals surface area contributed by atoms with E-state index >= 15 is 0 Å². The Morgan fingerprint density at radius 3 is 1.47 bits per heavy atom. The summed E-state index contributed by atoms with van der Waals surface area (Å²) in [6.07, 6.45) is 0. The van der Waals surface area contributed by atoms with Gasteiger partial charge in [-0.15, -0.1) is 0 Å². The van der Waals surface area contributed by atoms with Gasteiger partial charge < -0.3 is 0 Å². The zero-order chi connectivity index (χ0) is 32.0. The molecule has 0 aliphatic carbocycles. The molecule has 2 N–H and O–H groups in total. The Balaban J connectivity index is 1.25. The number of rotatable bonds is 7. The average Bonchev–Trinajstić information content (AvgIpc) is 3.16. The van der Waals surface area contributed by atoms with Crippen molar-refractivity contribution >= 4 is 21.8 Å². The van der Waals surface area contributed by atoms with Crippen LogP contribution in [0.1, 0.15) is 11.1 Å². The molecule has 0 aliphatic rings. The lowest BCUT2D eigenvalue weighted by Gasteiger charge is -2.14. The summed E-state index contributed by atoms with van der Waals surface area (Å²) in [4.78, 5) is 10.2. The zero-order valence-corrected chi connectivity index (χ0v) is 26.3. The summed E-state index contributed by atoms with van der Waals surface area (Å²) in [5.41, 5.74) is 10.5. The fraction of sp³-hybridized carbons (Fsp3) is 0. The van der Waals surface area contributed by atoms with Crippen molar-refractivity contribution in [2.24, 2.45) is 0 Å². The molecule has 0 saturated carbocycles. The molecule has 4 nitrogen and oxygen atoms in total. The van der Waals surface area contributed by atoms with E-state index in [4.69, 9.17) is 20.8 Å². The fourth-order valence-corrected chi connectivity index (χ4v) is 6.23. The third kappa shape index (κ3) is 6.71. The van der Waals surface area contributed by atoms with Crippen LogP contribution in [0, 0.1) is 10.8 Å². The minimum atomic E-state index is 0.340. The van der Waals surface area contributed by atoms with Gasteiger partial charge in [0, 0.05) is 27.8 Å². The number of thioether (sulfide) groups is 1. The molecule has 224 valence electrons. The van der Waals surface area contributed by atoms with E-state index in [9.17, 15) is 0 Å². The molecule has 47 heavy (non-hydrogen) atoms. The number of benzene rings is 6. The number of aromatic nitrogens is 2. The maximum atomic E-state index is 8.74. The van der Waals surface area contributed by atoms with E-state index in [1.807, 2.05) is 97.1 Å². The highest BCUT2D eigenvalue weighted by Crippen LogP contribution is 2.35. The topological polar surface area (TPSA) is 73.5 Å². The summed E-state index contributed by atoms with van der Waals surface area (Å²) in [5.74, 6) is 0.666. The second kappa shape index (κ2) is 13.6. The SMILES string of the molecule is N=C(SC(=N)c1cccc(-c2cccc(-c3ccccc3-c3nc(-c4ccccc4)cc(-c4ccccc4)n3)c2)c1)c1ccccc1. The maximum Gasteiger partial charge on any atom is 0.161 e. The van der Waals surface area contributed by atoms with Crippen molar-refractivity contribution in [3.63, 3.8) is 0 Å². The van der Waals surface area contributed by atoms with Gasteiger partial charge in [-0.3, -0.25) is 10.8 Å². The predicted molar refractivity (Wildman–Crippen MR) is 197 cm³/mol. The minimum Gasteiger partial charge on any atom is -0.293 e. The highest BCUT2D eigenvalue weighted by Gasteiger charge is 2.15. The highest BCUT2D eigenvalue weighted by atomic mass is 32.2. The van der Waals surface area contributed by atoms with Gasteiger partial charge in [-0.05, 0) is 40.5 Å². The third-order valence-electron chi connectivity index (χ3n) is 7.90. The molecule has 0 aliphatic heterocycles. The molecule has 0 radical (unpaired) electrons. The van der Waals surface area contributed by atoms with Crippen LogP contribution in [0.5, 0.6) is 0 Å². The van der Waals surface area contributed by atoms with Crippen molar-refractivity contribution in [1.82, 2.24) is 9.97 Å². The van der Waals surface area contributed by atoms with Gasteiger partial charge in [0.25, 0.3) is 0 Å². The number of hydrogen-bond acceptors (Lipinski definition) is 5. The lowest BCUT2D eigenvalue weighted by molar-refractivity contribution is 1.18. The molecule has 5 heteroatoms. The van der Waals surface area contributed by atoms with E-state index < -0.39 is 0 Å². The van der Waals surface area contributed by atoms with Gasteiger partial charge >= 0.3 is 0 Å². The van der Waals surface area contributed by atoms with E-state index in [0.717, 1.165) is 73.2 Å². The highest BCUT2D eigenvalue weighted by molar-refractivity contribution is 8.27. The summed E-state index contributed by atoms with van der Waals surface area (Å²) < 4.78 is 0. The van der Waals surface area contributed by atoms with Gasteiger partial charge in [-0.25, -0.2) is 9.97 Å². The molecule has 0 unspecified atom stereocenters. The number of nitrogens with zero attached hydrogens (tertiary/aromatic N) is 2. The van der Waals surface area contributed by atoms with E-state index in [-0.39, 0.29) is 0 Å². The molecule has 7 aromatic rings. The van der Waals surface area contributed by atoms with Crippen molar-refractivity contribution in [3.8, 4) is 56.2 Å². The lowest BCUT2D eigenvalue weighted by Crippen LogP contribution is -2.01. The van der Waals surface area contributed by atoms with Gasteiger partial charge in [0.2, 0.25) is 0 Å². The normalized spacial score (nSPS) is 10.8. The van der Waals surface area contributed by atoms with Crippen LogP contribution in [0.15, 0.2) is 170 Å². The summed E-state index contributed by atoms with van der Waals surface area (Å²) in [6.45, 7) is 0. The molecule has 0 fully saturated rings. The van der Waals surface area contributed by atoms with Gasteiger partial charge in [0.05, 0.1) is 11.4 Å². The molecule has 0 saturated heterocycles. The predicted octanol–water partition coefficient (Wildman–Crippen LogP) is 10.9. The Labute approximate surface area is 278 Å². The number of nitrogens with one attached hydrogen (secondary N) is 2. The van der Waals surface area contributed by atoms with Gasteiger partial charge in [-0.1, -0.05) is 163 Å². The Bertz CT molecular complexity index is 2140. The standard InChI is InChI=1S/C42H30N4S/c43-40(31-18-8-3-9-19-31)47-41(44)35-23-13-21-33(27-35)32-20-12-22-34(26-32)36-24-10-11-25-37(36)42-45-38(29-14-4-1-5-15-29)28-39(46-42)30-16-6-2-7-17-30/h1-28,43-44H. The van der Waals surface area contributed by atoms with Gasteiger partial charge in [0.15, 0.2) is 5.82 Å². The third-order valence-corrected chi connectivity index (χ3v) is 8.78. The summed E-state index contributed by atoms with van der Waals surface area (Å²) in [6, 6.07) is 56.8. The minimum absolute atomic E-state index is 0.340. The van der Waals surface area contributed by atoms with Crippen LogP contribution >= 0.6 is 11.8 Å². The zero-order valence-electron chi connectivity index (χ0n) is 25.5.